The molecule has 25 heavy (non-hydrogen) atoms. The molecule has 1 N–H and O–H groups in total. The Bertz CT molecular complexity index is 708. The van der Waals surface area contributed by atoms with Crippen molar-refractivity contribution in [1.82, 2.24) is 4.98 Å². The predicted molar refractivity (Wildman–Crippen MR) is 97.3 cm³/mol. The number of ether oxygens (including phenoxy) is 1. The van der Waals surface area contributed by atoms with Crippen molar-refractivity contribution < 1.29 is 14.6 Å². The second-order valence-electron chi connectivity index (χ2n) is 6.36. The SMILES string of the molecule is O=C(O)[C@@]1(CCOc2ccccc2)CCCN(c2ccc(Cl)cn2)C1. The molecule has 2 aromatic rings. The monoisotopic (exact) mass is 360 g/mol. The number of hydrogen-bond acceptors (Lipinski definition) is 4. The number of rotatable bonds is 6. The van der Waals surface area contributed by atoms with Crippen molar-refractivity contribution in [1.29, 1.82) is 0 Å². The molecular formula is C19H21ClN2O3. The van der Waals surface area contributed by atoms with Crippen LogP contribution in [0.25, 0.3) is 0 Å². The number of halogens is 1. The number of aromatic nitrogens is 1. The summed E-state index contributed by atoms with van der Waals surface area (Å²) in [6, 6.07) is 13.1. The largest absolute Gasteiger partial charge is 0.494 e. The third kappa shape index (κ3) is 4.23. The second-order valence-corrected chi connectivity index (χ2v) is 6.79. The third-order valence-corrected chi connectivity index (χ3v) is 4.88. The van der Waals surface area contributed by atoms with Gasteiger partial charge in [0.1, 0.15) is 11.6 Å². The quantitative estimate of drug-likeness (QED) is 0.847. The van der Waals surface area contributed by atoms with Crippen molar-refractivity contribution in [3.63, 3.8) is 0 Å². The first-order valence-electron chi connectivity index (χ1n) is 8.37. The van der Waals surface area contributed by atoms with Crippen molar-refractivity contribution in [2.24, 2.45) is 5.41 Å². The topological polar surface area (TPSA) is 62.7 Å². The Morgan fingerprint density at radius 2 is 2.08 bits per heavy atom. The van der Waals surface area contributed by atoms with Crippen LogP contribution in [0.1, 0.15) is 19.3 Å². The zero-order valence-electron chi connectivity index (χ0n) is 13.9. The van der Waals surface area contributed by atoms with Crippen LogP contribution in [0.5, 0.6) is 5.75 Å². The van der Waals surface area contributed by atoms with E-state index >= 15 is 0 Å². The van der Waals surface area contributed by atoms with Crippen LogP contribution in [0.2, 0.25) is 5.02 Å². The van der Waals surface area contributed by atoms with E-state index < -0.39 is 11.4 Å². The van der Waals surface area contributed by atoms with E-state index in [1.165, 1.54) is 0 Å². The fraction of sp³-hybridized carbons (Fsp3) is 0.368. The molecule has 6 heteroatoms. The molecule has 1 aliphatic rings. The fourth-order valence-electron chi connectivity index (χ4n) is 3.25. The number of piperidine rings is 1. The van der Waals surface area contributed by atoms with Gasteiger partial charge < -0.3 is 14.7 Å². The van der Waals surface area contributed by atoms with Crippen LogP contribution in [-0.4, -0.2) is 35.8 Å². The number of carbonyl (C=O) groups is 1. The molecule has 0 unspecified atom stereocenters. The first-order valence-corrected chi connectivity index (χ1v) is 8.75. The van der Waals surface area contributed by atoms with Crippen molar-refractivity contribution >= 4 is 23.4 Å². The molecule has 1 atom stereocenters. The van der Waals surface area contributed by atoms with E-state index in [0.717, 1.165) is 24.5 Å². The predicted octanol–water partition coefficient (Wildman–Crippen LogP) is 3.88. The number of carboxylic acid groups (broad SMARTS) is 1. The highest BCUT2D eigenvalue weighted by atomic mass is 35.5. The summed E-state index contributed by atoms with van der Waals surface area (Å²) in [5.74, 6) is 0.747. The van der Waals surface area contributed by atoms with E-state index in [-0.39, 0.29) is 0 Å². The van der Waals surface area contributed by atoms with E-state index in [2.05, 4.69) is 4.98 Å². The molecule has 0 saturated carbocycles. The van der Waals surface area contributed by atoms with Gasteiger partial charge in [-0.3, -0.25) is 4.79 Å². The summed E-state index contributed by atoms with van der Waals surface area (Å²) >= 11 is 5.89. The summed E-state index contributed by atoms with van der Waals surface area (Å²) in [4.78, 5) is 18.4. The van der Waals surface area contributed by atoms with Crippen molar-refractivity contribution in [3.8, 4) is 5.75 Å². The lowest BCUT2D eigenvalue weighted by Gasteiger charge is -2.40. The smallest absolute Gasteiger partial charge is 0.311 e. The zero-order chi connectivity index (χ0) is 17.7. The molecule has 3 rings (SSSR count). The maximum Gasteiger partial charge on any atom is 0.311 e. The molecule has 1 aromatic carbocycles. The highest BCUT2D eigenvalue weighted by Crippen LogP contribution is 2.36. The molecule has 5 nitrogen and oxygen atoms in total. The zero-order valence-corrected chi connectivity index (χ0v) is 14.7. The van der Waals surface area contributed by atoms with Gasteiger partial charge in [0.15, 0.2) is 0 Å². The van der Waals surface area contributed by atoms with Crippen LogP contribution in [0, 0.1) is 5.41 Å². The minimum absolute atomic E-state index is 0.373. The number of para-hydroxylation sites is 1. The highest BCUT2D eigenvalue weighted by Gasteiger charge is 2.42. The number of hydrogen-bond donors (Lipinski definition) is 1. The summed E-state index contributed by atoms with van der Waals surface area (Å²) in [6.07, 6.45) is 3.50. The van der Waals surface area contributed by atoms with E-state index in [0.29, 0.717) is 31.0 Å². The van der Waals surface area contributed by atoms with Crippen LogP contribution in [0.15, 0.2) is 48.7 Å². The van der Waals surface area contributed by atoms with Crippen LogP contribution in [0.4, 0.5) is 5.82 Å². The lowest BCUT2D eigenvalue weighted by atomic mass is 9.77. The van der Waals surface area contributed by atoms with Crippen molar-refractivity contribution in [2.45, 2.75) is 19.3 Å². The lowest BCUT2D eigenvalue weighted by molar-refractivity contribution is -0.150. The minimum Gasteiger partial charge on any atom is -0.494 e. The first-order chi connectivity index (χ1) is 12.1. The molecule has 0 radical (unpaired) electrons. The Kier molecular flexibility index (Phi) is 5.43. The highest BCUT2D eigenvalue weighted by molar-refractivity contribution is 6.30. The Labute approximate surface area is 152 Å². The molecule has 1 fully saturated rings. The van der Waals surface area contributed by atoms with Crippen LogP contribution in [-0.2, 0) is 4.79 Å². The number of pyridine rings is 1. The van der Waals surface area contributed by atoms with E-state index in [9.17, 15) is 9.90 Å². The van der Waals surface area contributed by atoms with Crippen molar-refractivity contribution in [2.75, 3.05) is 24.6 Å². The molecule has 0 bridgehead atoms. The number of benzene rings is 1. The van der Waals surface area contributed by atoms with Gasteiger partial charge in [0.05, 0.1) is 17.0 Å². The van der Waals surface area contributed by atoms with Crippen LogP contribution < -0.4 is 9.64 Å². The summed E-state index contributed by atoms with van der Waals surface area (Å²) in [5.41, 5.74) is -0.825. The maximum absolute atomic E-state index is 12.0. The molecule has 2 heterocycles. The Balaban J connectivity index is 1.68. The van der Waals surface area contributed by atoms with Gasteiger partial charge in [0.2, 0.25) is 0 Å². The summed E-state index contributed by atoms with van der Waals surface area (Å²) in [7, 11) is 0. The third-order valence-electron chi connectivity index (χ3n) is 4.66. The summed E-state index contributed by atoms with van der Waals surface area (Å²) < 4.78 is 5.73. The van der Waals surface area contributed by atoms with Crippen molar-refractivity contribution in [3.05, 3.63) is 53.7 Å². The standard InChI is InChI=1S/C19H21ClN2O3/c20-15-7-8-17(21-13-15)22-11-4-9-19(14-22,18(23)24)10-12-25-16-5-2-1-3-6-16/h1-3,5-8,13H,4,9-12,14H2,(H,23,24)/t19-/m1/s1. The summed E-state index contributed by atoms with van der Waals surface area (Å²) in [5, 5.41) is 10.4. The Hall–Kier alpha value is -2.27. The van der Waals surface area contributed by atoms with E-state index in [4.69, 9.17) is 16.3 Å². The molecule has 1 saturated heterocycles. The number of carboxylic acids is 1. The van der Waals surface area contributed by atoms with Gasteiger partial charge in [-0.15, -0.1) is 0 Å². The molecule has 0 aliphatic carbocycles. The van der Waals surface area contributed by atoms with Gasteiger partial charge in [-0.05, 0) is 43.5 Å². The van der Waals surface area contributed by atoms with Gasteiger partial charge in [0, 0.05) is 19.3 Å². The van der Waals surface area contributed by atoms with E-state index in [1.54, 1.807) is 12.3 Å². The van der Waals surface area contributed by atoms with E-state index in [1.807, 2.05) is 41.3 Å². The summed E-state index contributed by atoms with van der Waals surface area (Å²) in [6.45, 7) is 1.59. The number of aliphatic carboxylic acids is 1. The van der Waals surface area contributed by atoms with Crippen LogP contribution >= 0.6 is 11.6 Å². The average molecular weight is 361 g/mol. The molecule has 132 valence electrons. The molecule has 1 aromatic heterocycles. The number of nitrogens with zero attached hydrogens (tertiary/aromatic N) is 2. The van der Waals surface area contributed by atoms with Gasteiger partial charge in [-0.25, -0.2) is 4.98 Å². The fourth-order valence-corrected chi connectivity index (χ4v) is 3.36. The van der Waals surface area contributed by atoms with Gasteiger partial charge in [-0.2, -0.15) is 0 Å². The normalized spacial score (nSPS) is 20.3. The van der Waals surface area contributed by atoms with Crippen LogP contribution in [0.3, 0.4) is 0 Å². The molecule has 0 amide bonds. The Morgan fingerprint density at radius 1 is 1.28 bits per heavy atom. The molecule has 0 spiro atoms. The maximum atomic E-state index is 12.0. The lowest BCUT2D eigenvalue weighted by Crippen LogP contribution is -2.49. The van der Waals surface area contributed by atoms with Gasteiger partial charge in [0.25, 0.3) is 0 Å². The van der Waals surface area contributed by atoms with Gasteiger partial charge in [-0.1, -0.05) is 29.8 Å². The number of anilines is 1. The molecular weight excluding hydrogens is 340 g/mol. The molecule has 1 aliphatic heterocycles. The first kappa shape index (κ1) is 17.5. The minimum atomic E-state index is -0.825. The average Bonchev–Trinajstić information content (AvgIpc) is 2.63. The van der Waals surface area contributed by atoms with Gasteiger partial charge >= 0.3 is 5.97 Å². The Morgan fingerprint density at radius 3 is 2.76 bits per heavy atom. The second kappa shape index (κ2) is 7.74.